The van der Waals surface area contributed by atoms with Crippen LogP contribution in [-0.4, -0.2) is 20.3 Å². The molecule has 0 aliphatic carbocycles. The number of para-hydroxylation sites is 1. The molecule has 0 atom stereocenters. The first-order chi connectivity index (χ1) is 12.3. The van der Waals surface area contributed by atoms with E-state index in [1.807, 2.05) is 16.8 Å². The molecule has 0 aliphatic heterocycles. The van der Waals surface area contributed by atoms with Gasteiger partial charge in [-0.1, -0.05) is 40.4 Å². The van der Waals surface area contributed by atoms with Crippen molar-refractivity contribution < 1.29 is 8.91 Å². The number of anilines is 2. The summed E-state index contributed by atoms with van der Waals surface area (Å²) in [5.74, 6) is 1.26. The van der Waals surface area contributed by atoms with E-state index >= 15 is 0 Å². The largest absolute Gasteiger partial charge is 0.338 e. The van der Waals surface area contributed by atoms with Crippen LogP contribution in [0.5, 0.6) is 0 Å². The van der Waals surface area contributed by atoms with Crippen LogP contribution in [0.4, 0.5) is 15.2 Å². The van der Waals surface area contributed by atoms with Crippen LogP contribution in [0, 0.1) is 5.82 Å². The molecule has 0 bridgehead atoms. The van der Waals surface area contributed by atoms with Crippen LogP contribution in [-0.2, 0) is 5.75 Å². The average Bonchev–Trinajstić information content (AvgIpc) is 3.37. The number of benzene rings is 1. The quantitative estimate of drug-likeness (QED) is 0.472. The molecule has 126 valence electrons. The maximum absolute atomic E-state index is 13.6. The lowest BCUT2D eigenvalue weighted by molar-refractivity contribution is 0.391. The third kappa shape index (κ3) is 3.86. The van der Waals surface area contributed by atoms with Crippen LogP contribution in [0.2, 0.25) is 0 Å². The lowest BCUT2D eigenvalue weighted by Gasteiger charge is -2.01. The molecule has 1 N–H and O–H groups in total. The van der Waals surface area contributed by atoms with Gasteiger partial charge >= 0.3 is 0 Å². The smallest absolute Gasteiger partial charge is 0.237 e. The Labute approximate surface area is 154 Å². The van der Waals surface area contributed by atoms with Crippen LogP contribution in [0.15, 0.2) is 50.0 Å². The molecule has 1 aromatic carbocycles. The van der Waals surface area contributed by atoms with Crippen LogP contribution in [0.25, 0.3) is 11.4 Å². The van der Waals surface area contributed by atoms with E-state index in [4.69, 9.17) is 4.52 Å². The summed E-state index contributed by atoms with van der Waals surface area (Å²) in [6.45, 7) is 0. The molecule has 0 amide bonds. The number of rotatable bonds is 6. The number of halogens is 1. The van der Waals surface area contributed by atoms with E-state index in [0.29, 0.717) is 28.3 Å². The Morgan fingerprint density at radius 2 is 2.12 bits per heavy atom. The zero-order valence-corrected chi connectivity index (χ0v) is 15.0. The van der Waals surface area contributed by atoms with E-state index in [-0.39, 0.29) is 5.82 Å². The highest BCUT2D eigenvalue weighted by molar-refractivity contribution is 8.00. The highest BCUT2D eigenvalue weighted by Gasteiger charge is 2.12. The zero-order chi connectivity index (χ0) is 17.1. The summed E-state index contributed by atoms with van der Waals surface area (Å²) in [6.07, 6.45) is 0. The van der Waals surface area contributed by atoms with Gasteiger partial charge in [0.25, 0.3) is 0 Å². The van der Waals surface area contributed by atoms with Crippen LogP contribution in [0.1, 0.15) is 5.89 Å². The summed E-state index contributed by atoms with van der Waals surface area (Å²) in [6, 6.07) is 8.37. The third-order valence-electron chi connectivity index (χ3n) is 3.09. The minimum Gasteiger partial charge on any atom is -0.338 e. The lowest BCUT2D eigenvalue weighted by Crippen LogP contribution is -1.92. The van der Waals surface area contributed by atoms with Crippen molar-refractivity contribution >= 4 is 45.3 Å². The lowest BCUT2D eigenvalue weighted by atomic mass is 10.3. The van der Waals surface area contributed by atoms with Gasteiger partial charge in [-0.3, -0.25) is 0 Å². The van der Waals surface area contributed by atoms with Gasteiger partial charge in [0.15, 0.2) is 4.34 Å². The molecule has 0 fully saturated rings. The molecule has 25 heavy (non-hydrogen) atoms. The fourth-order valence-corrected chi connectivity index (χ4v) is 4.18. The van der Waals surface area contributed by atoms with Crippen molar-refractivity contribution in [3.05, 3.63) is 52.8 Å². The predicted octanol–water partition coefficient (Wildman–Crippen LogP) is 4.82. The molecule has 0 spiro atoms. The number of nitrogens with zero attached hydrogens (tertiary/aromatic N) is 4. The Morgan fingerprint density at radius 1 is 1.20 bits per heavy atom. The summed E-state index contributed by atoms with van der Waals surface area (Å²) in [7, 11) is 0. The maximum atomic E-state index is 13.6. The molecule has 0 saturated heterocycles. The Morgan fingerprint density at radius 3 is 2.96 bits per heavy atom. The second-order valence-electron chi connectivity index (χ2n) is 4.79. The Bertz CT molecular complexity index is 969. The molecule has 0 unspecified atom stereocenters. The number of hydrogen-bond acceptors (Lipinski definition) is 9. The first-order valence-electron chi connectivity index (χ1n) is 7.11. The Balaban J connectivity index is 1.38. The van der Waals surface area contributed by atoms with E-state index in [1.54, 1.807) is 29.5 Å². The molecule has 3 heterocycles. The highest BCUT2D eigenvalue weighted by Crippen LogP contribution is 2.30. The van der Waals surface area contributed by atoms with Crippen molar-refractivity contribution in [2.75, 3.05) is 5.32 Å². The monoisotopic (exact) mass is 391 g/mol. The fraction of sp³-hybridized carbons (Fsp3) is 0.0667. The Kier molecular flexibility index (Phi) is 4.72. The van der Waals surface area contributed by atoms with Crippen molar-refractivity contribution in [1.29, 1.82) is 0 Å². The van der Waals surface area contributed by atoms with E-state index in [0.717, 1.165) is 9.90 Å². The van der Waals surface area contributed by atoms with E-state index in [9.17, 15) is 4.39 Å². The molecule has 6 nitrogen and oxygen atoms in total. The first kappa shape index (κ1) is 16.2. The van der Waals surface area contributed by atoms with Gasteiger partial charge in [0.05, 0.1) is 11.4 Å². The van der Waals surface area contributed by atoms with Gasteiger partial charge in [-0.2, -0.15) is 16.3 Å². The first-order valence-corrected chi connectivity index (χ1v) is 9.85. The Hall–Kier alpha value is -2.30. The summed E-state index contributed by atoms with van der Waals surface area (Å²) >= 11 is 4.35. The van der Waals surface area contributed by atoms with Gasteiger partial charge in [-0.15, -0.1) is 10.2 Å². The predicted molar refractivity (Wildman–Crippen MR) is 96.8 cm³/mol. The number of hydrogen-bond donors (Lipinski definition) is 1. The van der Waals surface area contributed by atoms with Crippen molar-refractivity contribution in [3.63, 3.8) is 0 Å². The van der Waals surface area contributed by atoms with Gasteiger partial charge in [-0.05, 0) is 23.6 Å². The van der Waals surface area contributed by atoms with Crippen molar-refractivity contribution in [3.8, 4) is 11.4 Å². The standard InChI is InChI=1S/C15H10FN5OS3/c16-10-3-1-2-4-11(10)17-14-19-20-15(25-14)24-8-12-18-13(21-22-12)9-5-6-23-7-9/h1-7H,8H2,(H,17,19). The number of thioether (sulfide) groups is 1. The molecule has 0 saturated carbocycles. The van der Waals surface area contributed by atoms with Crippen LogP contribution in [0.3, 0.4) is 0 Å². The SMILES string of the molecule is Fc1ccccc1Nc1nnc(SCc2nc(-c3ccsc3)no2)s1. The number of nitrogens with one attached hydrogen (secondary N) is 1. The minimum atomic E-state index is -0.335. The molecule has 4 rings (SSSR count). The summed E-state index contributed by atoms with van der Waals surface area (Å²) in [5, 5.41) is 19.4. The van der Waals surface area contributed by atoms with Gasteiger partial charge in [0.1, 0.15) is 5.82 Å². The molecule has 10 heteroatoms. The van der Waals surface area contributed by atoms with Crippen LogP contribution >= 0.6 is 34.4 Å². The van der Waals surface area contributed by atoms with Gasteiger partial charge in [0.2, 0.25) is 16.8 Å². The number of thiophene rings is 1. The highest BCUT2D eigenvalue weighted by atomic mass is 32.2. The summed E-state index contributed by atoms with van der Waals surface area (Å²) in [4.78, 5) is 4.35. The fourth-order valence-electron chi connectivity index (χ4n) is 1.94. The summed E-state index contributed by atoms with van der Waals surface area (Å²) < 4.78 is 19.6. The average molecular weight is 391 g/mol. The molecule has 0 radical (unpaired) electrons. The molecular formula is C15H10FN5OS3. The normalized spacial score (nSPS) is 10.9. The molecular weight excluding hydrogens is 381 g/mol. The van der Waals surface area contributed by atoms with E-state index in [1.165, 1.54) is 29.2 Å². The topological polar surface area (TPSA) is 76.7 Å². The van der Waals surface area contributed by atoms with Gasteiger partial charge in [0, 0.05) is 10.9 Å². The van der Waals surface area contributed by atoms with Gasteiger partial charge < -0.3 is 9.84 Å². The second kappa shape index (κ2) is 7.30. The van der Waals surface area contributed by atoms with Gasteiger partial charge in [-0.25, -0.2) is 4.39 Å². The second-order valence-corrected chi connectivity index (χ2v) is 7.77. The minimum absolute atomic E-state index is 0.335. The van der Waals surface area contributed by atoms with Crippen molar-refractivity contribution in [1.82, 2.24) is 20.3 Å². The third-order valence-corrected chi connectivity index (χ3v) is 5.73. The molecule has 3 aromatic heterocycles. The maximum Gasteiger partial charge on any atom is 0.237 e. The van der Waals surface area contributed by atoms with Crippen LogP contribution < -0.4 is 5.32 Å². The van der Waals surface area contributed by atoms with E-state index < -0.39 is 0 Å². The van der Waals surface area contributed by atoms with E-state index in [2.05, 4.69) is 25.7 Å². The zero-order valence-electron chi connectivity index (χ0n) is 12.5. The number of aromatic nitrogens is 4. The van der Waals surface area contributed by atoms with Crippen molar-refractivity contribution in [2.24, 2.45) is 0 Å². The van der Waals surface area contributed by atoms with Crippen molar-refractivity contribution in [2.45, 2.75) is 10.1 Å². The summed E-state index contributed by atoms with van der Waals surface area (Å²) in [5.41, 5.74) is 1.31. The molecule has 4 aromatic rings. The molecule has 0 aliphatic rings.